The molecule has 0 bridgehead atoms. The molecule has 0 fully saturated rings. The molecule has 0 saturated heterocycles. The Balaban J connectivity index is 1.71. The second kappa shape index (κ2) is 6.29. The van der Waals surface area contributed by atoms with Gasteiger partial charge in [0, 0.05) is 34.5 Å². The summed E-state index contributed by atoms with van der Waals surface area (Å²) in [6, 6.07) is 13.5. The monoisotopic (exact) mass is 341 g/mol. The van der Waals surface area contributed by atoms with Gasteiger partial charge in [0.1, 0.15) is 0 Å². The molecule has 6 nitrogen and oxygen atoms in total. The van der Waals surface area contributed by atoms with E-state index in [1.165, 1.54) is 24.3 Å². The number of nitrogens with zero attached hydrogens (tertiary/aromatic N) is 1. The van der Waals surface area contributed by atoms with Crippen LogP contribution in [0.5, 0.6) is 0 Å². The van der Waals surface area contributed by atoms with Crippen molar-refractivity contribution in [2.75, 3.05) is 6.26 Å². The number of hydrogen-bond acceptors (Lipinski definition) is 4. The van der Waals surface area contributed by atoms with E-state index in [1.807, 2.05) is 24.3 Å². The number of sulfone groups is 1. The molecular weight excluding hydrogens is 326 g/mol. The van der Waals surface area contributed by atoms with Crippen LogP contribution in [0.25, 0.3) is 10.9 Å². The van der Waals surface area contributed by atoms with Gasteiger partial charge in [-0.1, -0.05) is 18.2 Å². The van der Waals surface area contributed by atoms with Crippen molar-refractivity contribution in [2.24, 2.45) is 5.10 Å². The van der Waals surface area contributed by atoms with Crippen molar-refractivity contribution in [1.82, 2.24) is 10.4 Å². The summed E-state index contributed by atoms with van der Waals surface area (Å²) >= 11 is 0. The molecule has 0 radical (unpaired) electrons. The van der Waals surface area contributed by atoms with Gasteiger partial charge in [-0.05, 0) is 30.3 Å². The molecule has 24 heavy (non-hydrogen) atoms. The Bertz CT molecular complexity index is 1020. The summed E-state index contributed by atoms with van der Waals surface area (Å²) in [7, 11) is -3.28. The number of rotatable bonds is 4. The van der Waals surface area contributed by atoms with Crippen molar-refractivity contribution in [3.05, 3.63) is 65.9 Å². The number of carbonyl (C=O) groups excluding carboxylic acids is 1. The number of benzene rings is 2. The minimum atomic E-state index is -3.28. The summed E-state index contributed by atoms with van der Waals surface area (Å²) in [5.41, 5.74) is 4.61. The number of aromatic amines is 1. The Morgan fingerprint density at radius 1 is 1.12 bits per heavy atom. The Hall–Kier alpha value is -2.93. The minimum Gasteiger partial charge on any atom is -0.361 e. The van der Waals surface area contributed by atoms with E-state index in [9.17, 15) is 13.2 Å². The van der Waals surface area contributed by atoms with E-state index in [-0.39, 0.29) is 4.90 Å². The van der Waals surface area contributed by atoms with E-state index in [2.05, 4.69) is 15.5 Å². The van der Waals surface area contributed by atoms with E-state index in [1.54, 1.807) is 12.4 Å². The maximum absolute atomic E-state index is 12.0. The molecular formula is C17H15N3O3S. The molecule has 0 aliphatic heterocycles. The van der Waals surface area contributed by atoms with Gasteiger partial charge < -0.3 is 4.98 Å². The zero-order valence-electron chi connectivity index (χ0n) is 12.9. The fourth-order valence-corrected chi connectivity index (χ4v) is 2.91. The molecule has 2 aromatic carbocycles. The Kier molecular flexibility index (Phi) is 4.18. The molecule has 0 aliphatic rings. The number of aromatic nitrogens is 1. The number of hydrogen-bond donors (Lipinski definition) is 2. The number of nitrogens with one attached hydrogen (secondary N) is 2. The lowest BCUT2D eigenvalue weighted by molar-refractivity contribution is 0.0955. The molecule has 0 aliphatic carbocycles. The number of amides is 1. The van der Waals surface area contributed by atoms with Gasteiger partial charge in [-0.3, -0.25) is 4.79 Å². The van der Waals surface area contributed by atoms with Crippen molar-refractivity contribution in [3.63, 3.8) is 0 Å². The molecule has 3 rings (SSSR count). The van der Waals surface area contributed by atoms with Crippen LogP contribution in [0.15, 0.2) is 64.7 Å². The van der Waals surface area contributed by atoms with Crippen LogP contribution in [0.1, 0.15) is 15.9 Å². The van der Waals surface area contributed by atoms with E-state index in [0.717, 1.165) is 22.7 Å². The molecule has 0 spiro atoms. The van der Waals surface area contributed by atoms with Crippen molar-refractivity contribution in [1.29, 1.82) is 0 Å². The first kappa shape index (κ1) is 15.9. The molecule has 3 aromatic rings. The quantitative estimate of drug-likeness (QED) is 0.563. The first-order valence-corrected chi connectivity index (χ1v) is 9.04. The van der Waals surface area contributed by atoms with Crippen molar-refractivity contribution in [3.8, 4) is 0 Å². The SMILES string of the molecule is CS(=O)(=O)c1ccc(C(=O)N/N=C/c2c[nH]c3ccccc23)cc1. The van der Waals surface area contributed by atoms with Gasteiger partial charge in [0.2, 0.25) is 0 Å². The smallest absolute Gasteiger partial charge is 0.271 e. The minimum absolute atomic E-state index is 0.168. The summed E-state index contributed by atoms with van der Waals surface area (Å²) in [6.07, 6.45) is 4.48. The maximum Gasteiger partial charge on any atom is 0.271 e. The fraction of sp³-hybridized carbons (Fsp3) is 0.0588. The van der Waals surface area contributed by atoms with Crippen molar-refractivity contribution in [2.45, 2.75) is 4.90 Å². The van der Waals surface area contributed by atoms with Gasteiger partial charge in [-0.15, -0.1) is 0 Å². The largest absolute Gasteiger partial charge is 0.361 e. The van der Waals surface area contributed by atoms with Crippen molar-refractivity contribution < 1.29 is 13.2 Å². The third-order valence-corrected chi connectivity index (χ3v) is 4.66. The molecule has 1 aromatic heterocycles. The molecule has 1 heterocycles. The van der Waals surface area contributed by atoms with Crippen LogP contribution in [-0.4, -0.2) is 31.8 Å². The summed E-state index contributed by atoms with van der Waals surface area (Å²) in [4.78, 5) is 15.3. The molecule has 1 amide bonds. The van der Waals surface area contributed by atoms with E-state index in [0.29, 0.717) is 5.56 Å². The number of carbonyl (C=O) groups is 1. The number of para-hydroxylation sites is 1. The first-order valence-electron chi connectivity index (χ1n) is 7.15. The predicted octanol–water partition coefficient (Wildman–Crippen LogP) is 2.34. The lowest BCUT2D eigenvalue weighted by atomic mass is 10.2. The summed E-state index contributed by atoms with van der Waals surface area (Å²) in [5.74, 6) is -0.411. The van der Waals surface area contributed by atoms with Crippen LogP contribution in [-0.2, 0) is 9.84 Å². The molecule has 2 N–H and O–H groups in total. The highest BCUT2D eigenvalue weighted by molar-refractivity contribution is 7.90. The van der Waals surface area contributed by atoms with Crippen molar-refractivity contribution >= 4 is 32.9 Å². The van der Waals surface area contributed by atoms with Gasteiger partial charge in [0.25, 0.3) is 5.91 Å². The number of hydrazone groups is 1. The second-order valence-electron chi connectivity index (χ2n) is 5.29. The average Bonchev–Trinajstić information content (AvgIpc) is 2.97. The number of fused-ring (bicyclic) bond motifs is 1. The second-order valence-corrected chi connectivity index (χ2v) is 7.30. The van der Waals surface area contributed by atoms with Gasteiger partial charge in [-0.2, -0.15) is 5.10 Å². The maximum atomic E-state index is 12.0. The summed E-state index contributed by atoms with van der Waals surface area (Å²) < 4.78 is 22.8. The zero-order valence-corrected chi connectivity index (χ0v) is 13.7. The summed E-state index contributed by atoms with van der Waals surface area (Å²) in [6.45, 7) is 0. The van der Waals surface area contributed by atoms with Gasteiger partial charge in [-0.25, -0.2) is 13.8 Å². The predicted molar refractivity (Wildman–Crippen MR) is 92.9 cm³/mol. The molecule has 0 unspecified atom stereocenters. The summed E-state index contributed by atoms with van der Waals surface area (Å²) in [5, 5.41) is 4.96. The molecule has 122 valence electrons. The molecule has 0 saturated carbocycles. The van der Waals surface area contributed by atoms with Crippen LogP contribution >= 0.6 is 0 Å². The van der Waals surface area contributed by atoms with Gasteiger partial charge in [0.15, 0.2) is 9.84 Å². The van der Waals surface area contributed by atoms with Crippen LogP contribution in [0.3, 0.4) is 0 Å². The Labute approximate surface area is 139 Å². The molecule has 0 atom stereocenters. The first-order chi connectivity index (χ1) is 11.4. The van der Waals surface area contributed by atoms with Crippen LogP contribution in [0.2, 0.25) is 0 Å². The highest BCUT2D eigenvalue weighted by atomic mass is 32.2. The third kappa shape index (κ3) is 3.36. The highest BCUT2D eigenvalue weighted by Gasteiger charge is 2.09. The standard InChI is InChI=1S/C17H15N3O3S/c1-24(22,23)14-8-6-12(7-9-14)17(21)20-19-11-13-10-18-16-5-3-2-4-15(13)16/h2-11,18H,1H3,(H,20,21)/b19-11+. The third-order valence-electron chi connectivity index (χ3n) is 3.54. The van der Waals surface area contributed by atoms with Crippen LogP contribution < -0.4 is 5.43 Å². The average molecular weight is 341 g/mol. The molecule has 7 heteroatoms. The van der Waals surface area contributed by atoms with E-state index >= 15 is 0 Å². The Morgan fingerprint density at radius 3 is 2.54 bits per heavy atom. The lowest BCUT2D eigenvalue weighted by Crippen LogP contribution is -2.17. The zero-order chi connectivity index (χ0) is 17.2. The Morgan fingerprint density at radius 2 is 1.83 bits per heavy atom. The van der Waals surface area contributed by atoms with Crippen LogP contribution in [0.4, 0.5) is 0 Å². The highest BCUT2D eigenvalue weighted by Crippen LogP contribution is 2.15. The lowest BCUT2D eigenvalue weighted by Gasteiger charge is -2.01. The van der Waals surface area contributed by atoms with Gasteiger partial charge in [0.05, 0.1) is 11.1 Å². The van der Waals surface area contributed by atoms with E-state index < -0.39 is 15.7 Å². The topological polar surface area (TPSA) is 91.4 Å². The van der Waals surface area contributed by atoms with Crippen LogP contribution in [0, 0.1) is 0 Å². The normalized spacial score (nSPS) is 11.9. The van der Waals surface area contributed by atoms with E-state index in [4.69, 9.17) is 0 Å². The number of H-pyrrole nitrogens is 1. The van der Waals surface area contributed by atoms with Gasteiger partial charge >= 0.3 is 0 Å². The fourth-order valence-electron chi connectivity index (χ4n) is 2.28.